The lowest BCUT2D eigenvalue weighted by atomic mass is 10.2. The molecular weight excluding hydrogens is 214 g/mol. The summed E-state index contributed by atoms with van der Waals surface area (Å²) in [6.45, 7) is 1.78. The first kappa shape index (κ1) is 11.7. The topological polar surface area (TPSA) is 49.9 Å². The standard InChI is InChI=1S/C13H17N3O/c1-17-13-4-2-3-11(7-13)8-14-6-5-12-9-15-10-16-12/h2-4,7,9-10,14H,5-6,8H2,1H3,(H,15,16). The molecule has 0 bridgehead atoms. The summed E-state index contributed by atoms with van der Waals surface area (Å²) < 4.78 is 5.18. The molecule has 2 N–H and O–H groups in total. The van der Waals surface area contributed by atoms with Crippen molar-refractivity contribution in [3.63, 3.8) is 0 Å². The van der Waals surface area contributed by atoms with Crippen LogP contribution < -0.4 is 10.1 Å². The van der Waals surface area contributed by atoms with Crippen LogP contribution in [0.3, 0.4) is 0 Å². The van der Waals surface area contributed by atoms with Crippen LogP contribution in [-0.2, 0) is 13.0 Å². The molecule has 0 saturated heterocycles. The smallest absolute Gasteiger partial charge is 0.119 e. The minimum Gasteiger partial charge on any atom is -0.497 e. The van der Waals surface area contributed by atoms with Gasteiger partial charge in [-0.25, -0.2) is 4.98 Å². The lowest BCUT2D eigenvalue weighted by Gasteiger charge is -2.06. The molecule has 0 aliphatic heterocycles. The number of nitrogens with zero attached hydrogens (tertiary/aromatic N) is 1. The number of hydrogen-bond acceptors (Lipinski definition) is 3. The molecule has 0 fully saturated rings. The van der Waals surface area contributed by atoms with Crippen molar-refractivity contribution in [3.05, 3.63) is 48.0 Å². The monoisotopic (exact) mass is 231 g/mol. The molecule has 0 saturated carbocycles. The Kier molecular flexibility index (Phi) is 4.16. The molecule has 1 aromatic heterocycles. The molecule has 2 rings (SSSR count). The van der Waals surface area contributed by atoms with Crippen LogP contribution in [-0.4, -0.2) is 23.6 Å². The number of ether oxygens (including phenoxy) is 1. The van der Waals surface area contributed by atoms with Gasteiger partial charge in [-0.15, -0.1) is 0 Å². The van der Waals surface area contributed by atoms with Gasteiger partial charge in [-0.1, -0.05) is 12.1 Å². The molecule has 0 radical (unpaired) electrons. The Bertz CT molecular complexity index is 440. The molecule has 0 aliphatic rings. The third-order valence-electron chi connectivity index (χ3n) is 2.59. The molecule has 90 valence electrons. The lowest BCUT2D eigenvalue weighted by molar-refractivity contribution is 0.414. The fraction of sp³-hybridized carbons (Fsp3) is 0.308. The van der Waals surface area contributed by atoms with Gasteiger partial charge >= 0.3 is 0 Å². The van der Waals surface area contributed by atoms with Gasteiger partial charge < -0.3 is 15.0 Å². The summed E-state index contributed by atoms with van der Waals surface area (Å²) in [7, 11) is 1.69. The SMILES string of the molecule is COc1cccc(CNCCc2cnc[nH]2)c1. The van der Waals surface area contributed by atoms with Crippen molar-refractivity contribution in [2.45, 2.75) is 13.0 Å². The number of nitrogens with one attached hydrogen (secondary N) is 2. The predicted octanol–water partition coefficient (Wildman–Crippen LogP) is 1.75. The van der Waals surface area contributed by atoms with Crippen molar-refractivity contribution in [2.75, 3.05) is 13.7 Å². The van der Waals surface area contributed by atoms with E-state index in [1.54, 1.807) is 13.4 Å². The Labute approximate surface area is 101 Å². The molecule has 0 spiro atoms. The first-order valence-corrected chi connectivity index (χ1v) is 5.69. The van der Waals surface area contributed by atoms with Crippen LogP contribution in [0.4, 0.5) is 0 Å². The molecule has 1 aromatic carbocycles. The highest BCUT2D eigenvalue weighted by Gasteiger charge is 1.96. The molecule has 1 heterocycles. The highest BCUT2D eigenvalue weighted by molar-refractivity contribution is 5.28. The van der Waals surface area contributed by atoms with Gasteiger partial charge in [0, 0.05) is 31.4 Å². The second-order valence-electron chi connectivity index (χ2n) is 3.86. The van der Waals surface area contributed by atoms with E-state index < -0.39 is 0 Å². The average molecular weight is 231 g/mol. The number of hydrogen-bond donors (Lipinski definition) is 2. The van der Waals surface area contributed by atoms with Crippen LogP contribution >= 0.6 is 0 Å². The third-order valence-corrected chi connectivity index (χ3v) is 2.59. The third kappa shape index (κ3) is 3.60. The van der Waals surface area contributed by atoms with Crippen molar-refractivity contribution in [1.29, 1.82) is 0 Å². The van der Waals surface area contributed by atoms with Crippen LogP contribution in [0.25, 0.3) is 0 Å². The molecule has 2 aromatic rings. The number of benzene rings is 1. The average Bonchev–Trinajstić information content (AvgIpc) is 2.88. The van der Waals surface area contributed by atoms with E-state index in [-0.39, 0.29) is 0 Å². The number of methoxy groups -OCH3 is 1. The number of aromatic nitrogens is 2. The van der Waals surface area contributed by atoms with Gasteiger partial charge in [-0.3, -0.25) is 0 Å². The highest BCUT2D eigenvalue weighted by Crippen LogP contribution is 2.11. The first-order valence-electron chi connectivity index (χ1n) is 5.69. The second kappa shape index (κ2) is 6.06. The van der Waals surface area contributed by atoms with E-state index in [0.717, 1.165) is 31.0 Å². The van der Waals surface area contributed by atoms with Gasteiger partial charge in [0.1, 0.15) is 5.75 Å². The zero-order chi connectivity index (χ0) is 11.9. The van der Waals surface area contributed by atoms with E-state index in [1.807, 2.05) is 24.4 Å². The molecule has 17 heavy (non-hydrogen) atoms. The summed E-state index contributed by atoms with van der Waals surface area (Å²) in [4.78, 5) is 7.06. The predicted molar refractivity (Wildman–Crippen MR) is 67.0 cm³/mol. The van der Waals surface area contributed by atoms with E-state index >= 15 is 0 Å². The van der Waals surface area contributed by atoms with E-state index in [9.17, 15) is 0 Å². The van der Waals surface area contributed by atoms with E-state index in [4.69, 9.17) is 4.74 Å². The Balaban J connectivity index is 1.74. The summed E-state index contributed by atoms with van der Waals surface area (Å²) in [5, 5.41) is 3.39. The molecule has 4 nitrogen and oxygen atoms in total. The molecule has 4 heteroatoms. The largest absolute Gasteiger partial charge is 0.497 e. The number of imidazole rings is 1. The van der Waals surface area contributed by atoms with Crippen molar-refractivity contribution >= 4 is 0 Å². The van der Waals surface area contributed by atoms with Crippen LogP contribution in [0.2, 0.25) is 0 Å². The fourth-order valence-electron chi connectivity index (χ4n) is 1.66. The maximum Gasteiger partial charge on any atom is 0.119 e. The molecule has 0 amide bonds. The normalized spacial score (nSPS) is 10.4. The van der Waals surface area contributed by atoms with E-state index in [2.05, 4.69) is 21.4 Å². The Morgan fingerprint density at radius 1 is 1.41 bits per heavy atom. The summed E-state index contributed by atoms with van der Waals surface area (Å²) in [6.07, 6.45) is 4.52. The number of H-pyrrole nitrogens is 1. The van der Waals surface area contributed by atoms with Gasteiger partial charge in [-0.2, -0.15) is 0 Å². The van der Waals surface area contributed by atoms with Gasteiger partial charge in [0.2, 0.25) is 0 Å². The highest BCUT2D eigenvalue weighted by atomic mass is 16.5. The summed E-state index contributed by atoms with van der Waals surface area (Å²) >= 11 is 0. The fourth-order valence-corrected chi connectivity index (χ4v) is 1.66. The summed E-state index contributed by atoms with van der Waals surface area (Å²) in [5.41, 5.74) is 2.39. The maximum atomic E-state index is 5.18. The van der Waals surface area contributed by atoms with Crippen LogP contribution in [0.1, 0.15) is 11.3 Å². The summed E-state index contributed by atoms with van der Waals surface area (Å²) in [6, 6.07) is 8.09. The van der Waals surface area contributed by atoms with Crippen LogP contribution in [0.5, 0.6) is 5.75 Å². The number of aromatic amines is 1. The molecule has 0 aliphatic carbocycles. The second-order valence-corrected chi connectivity index (χ2v) is 3.86. The quantitative estimate of drug-likeness (QED) is 0.745. The maximum absolute atomic E-state index is 5.18. The number of rotatable bonds is 6. The van der Waals surface area contributed by atoms with E-state index in [0.29, 0.717) is 0 Å². The Hall–Kier alpha value is -1.81. The van der Waals surface area contributed by atoms with Gasteiger partial charge in [0.15, 0.2) is 0 Å². The lowest BCUT2D eigenvalue weighted by Crippen LogP contribution is -2.16. The van der Waals surface area contributed by atoms with Crippen molar-refractivity contribution in [3.8, 4) is 5.75 Å². The minimum atomic E-state index is 0.853. The first-order chi connectivity index (χ1) is 8.38. The van der Waals surface area contributed by atoms with E-state index in [1.165, 1.54) is 5.56 Å². The van der Waals surface area contributed by atoms with Crippen molar-refractivity contribution in [1.82, 2.24) is 15.3 Å². The molecule has 0 atom stereocenters. The zero-order valence-corrected chi connectivity index (χ0v) is 9.94. The van der Waals surface area contributed by atoms with Crippen LogP contribution in [0, 0.1) is 0 Å². The van der Waals surface area contributed by atoms with Crippen molar-refractivity contribution in [2.24, 2.45) is 0 Å². The van der Waals surface area contributed by atoms with Crippen LogP contribution in [0.15, 0.2) is 36.8 Å². The van der Waals surface area contributed by atoms with Crippen molar-refractivity contribution < 1.29 is 4.74 Å². The minimum absolute atomic E-state index is 0.853. The Morgan fingerprint density at radius 2 is 2.35 bits per heavy atom. The summed E-state index contributed by atoms with van der Waals surface area (Å²) in [5.74, 6) is 0.901. The van der Waals surface area contributed by atoms with Gasteiger partial charge in [0.05, 0.1) is 13.4 Å². The van der Waals surface area contributed by atoms with Gasteiger partial charge in [0.25, 0.3) is 0 Å². The molecule has 0 unspecified atom stereocenters. The van der Waals surface area contributed by atoms with Gasteiger partial charge in [-0.05, 0) is 17.7 Å². The zero-order valence-electron chi connectivity index (χ0n) is 9.94. The molecular formula is C13H17N3O. The Morgan fingerprint density at radius 3 is 3.12 bits per heavy atom.